The number of hydrogen-bond donors (Lipinski definition) is 0. The number of imidazole rings is 1. The Labute approximate surface area is 143 Å². The molecule has 4 rings (SSSR count). The summed E-state index contributed by atoms with van der Waals surface area (Å²) < 4.78 is 42.9. The van der Waals surface area contributed by atoms with Crippen LogP contribution >= 0.6 is 0 Å². The Kier molecular flexibility index (Phi) is 3.81. The van der Waals surface area contributed by atoms with Gasteiger partial charge in [-0.2, -0.15) is 0 Å². The number of carbonyl (C=O) groups is 1. The fraction of sp³-hybridized carbons (Fsp3) is 0.444. The van der Waals surface area contributed by atoms with Crippen molar-refractivity contribution in [1.29, 1.82) is 0 Å². The molecule has 0 radical (unpaired) electrons. The first-order chi connectivity index (χ1) is 11.9. The van der Waals surface area contributed by atoms with Crippen LogP contribution in [0.2, 0.25) is 0 Å². The maximum Gasteiger partial charge on any atom is 0.219 e. The topological polar surface area (TPSA) is 38.1 Å². The Morgan fingerprint density at radius 1 is 1.16 bits per heavy atom. The van der Waals surface area contributed by atoms with Gasteiger partial charge in [0.25, 0.3) is 0 Å². The number of rotatable bonds is 1. The molecule has 4 nitrogen and oxygen atoms in total. The number of aromatic nitrogens is 2. The molecular formula is C18H18F3N3O. The molecule has 25 heavy (non-hydrogen) atoms. The molecule has 2 aliphatic rings. The normalized spacial score (nSPS) is 19.5. The van der Waals surface area contributed by atoms with Crippen LogP contribution in [0.25, 0.3) is 0 Å². The summed E-state index contributed by atoms with van der Waals surface area (Å²) in [5, 5.41) is 0. The third-order valence-corrected chi connectivity index (χ3v) is 5.25. The fourth-order valence-corrected chi connectivity index (χ4v) is 3.92. The fourth-order valence-electron chi connectivity index (χ4n) is 3.92. The summed E-state index contributed by atoms with van der Waals surface area (Å²) in [6, 6.07) is 1.58. The molecule has 1 aliphatic heterocycles. The van der Waals surface area contributed by atoms with E-state index in [9.17, 15) is 18.0 Å². The Morgan fingerprint density at radius 3 is 2.68 bits per heavy atom. The van der Waals surface area contributed by atoms with Gasteiger partial charge >= 0.3 is 0 Å². The average Bonchev–Trinajstić information content (AvgIpc) is 2.94. The first kappa shape index (κ1) is 16.2. The molecule has 2 heterocycles. The van der Waals surface area contributed by atoms with Crippen LogP contribution in [0.15, 0.2) is 12.1 Å². The van der Waals surface area contributed by atoms with E-state index in [1.54, 1.807) is 11.8 Å². The lowest BCUT2D eigenvalue weighted by molar-refractivity contribution is -0.130. The number of halogens is 3. The molecule has 0 bridgehead atoms. The molecule has 0 spiro atoms. The van der Waals surface area contributed by atoms with Gasteiger partial charge in [0, 0.05) is 31.8 Å². The predicted molar refractivity (Wildman–Crippen MR) is 84.4 cm³/mol. The second-order valence-electron chi connectivity index (χ2n) is 6.74. The van der Waals surface area contributed by atoms with Crippen LogP contribution in [0.4, 0.5) is 13.2 Å². The van der Waals surface area contributed by atoms with Crippen molar-refractivity contribution in [3.8, 4) is 0 Å². The Hall–Kier alpha value is -2.31. The van der Waals surface area contributed by atoms with Gasteiger partial charge < -0.3 is 9.47 Å². The molecule has 132 valence electrons. The molecule has 0 saturated heterocycles. The van der Waals surface area contributed by atoms with Crippen molar-refractivity contribution >= 4 is 5.91 Å². The molecule has 0 N–H and O–H groups in total. The van der Waals surface area contributed by atoms with Gasteiger partial charge in [-0.05, 0) is 36.8 Å². The minimum atomic E-state index is -1.17. The molecular weight excluding hydrogens is 331 g/mol. The summed E-state index contributed by atoms with van der Waals surface area (Å²) in [7, 11) is 0. The summed E-state index contributed by atoms with van der Waals surface area (Å²) in [6.45, 7) is 3.39. The van der Waals surface area contributed by atoms with Crippen molar-refractivity contribution in [3.05, 3.63) is 52.4 Å². The molecule has 7 heteroatoms. The van der Waals surface area contributed by atoms with Crippen molar-refractivity contribution in [1.82, 2.24) is 14.5 Å². The third kappa shape index (κ3) is 2.71. The number of benzene rings is 1. The van der Waals surface area contributed by atoms with Crippen molar-refractivity contribution in [3.63, 3.8) is 0 Å². The highest BCUT2D eigenvalue weighted by Gasteiger charge is 2.31. The van der Waals surface area contributed by atoms with Gasteiger partial charge in [-0.1, -0.05) is 0 Å². The Balaban J connectivity index is 1.63. The molecule has 0 fully saturated rings. The lowest BCUT2D eigenvalue weighted by Crippen LogP contribution is -2.37. The van der Waals surface area contributed by atoms with Crippen molar-refractivity contribution in [2.24, 2.45) is 0 Å². The predicted octanol–water partition coefficient (Wildman–Crippen LogP) is 2.94. The zero-order chi connectivity index (χ0) is 17.7. The van der Waals surface area contributed by atoms with Gasteiger partial charge in [0.15, 0.2) is 11.6 Å². The molecule has 1 aromatic carbocycles. The third-order valence-electron chi connectivity index (χ3n) is 5.25. The van der Waals surface area contributed by atoms with Crippen molar-refractivity contribution < 1.29 is 18.0 Å². The smallest absolute Gasteiger partial charge is 0.219 e. The first-order valence-electron chi connectivity index (χ1n) is 8.41. The van der Waals surface area contributed by atoms with Gasteiger partial charge in [0.05, 0.1) is 12.2 Å². The zero-order valence-electron chi connectivity index (χ0n) is 13.9. The lowest BCUT2D eigenvalue weighted by Gasteiger charge is -2.28. The van der Waals surface area contributed by atoms with Gasteiger partial charge in [-0.15, -0.1) is 0 Å². The number of carbonyl (C=O) groups excluding carboxylic acids is 1. The summed E-state index contributed by atoms with van der Waals surface area (Å²) >= 11 is 0. The molecule has 0 saturated carbocycles. The van der Waals surface area contributed by atoms with Crippen LogP contribution in [-0.4, -0.2) is 26.9 Å². The highest BCUT2D eigenvalue weighted by atomic mass is 19.2. The molecule has 1 aromatic heterocycles. The average molecular weight is 349 g/mol. The van der Waals surface area contributed by atoms with Crippen LogP contribution in [0, 0.1) is 17.5 Å². The second-order valence-corrected chi connectivity index (χ2v) is 6.74. The van der Waals surface area contributed by atoms with E-state index in [2.05, 4.69) is 9.55 Å². The standard InChI is InChI=1S/C18H18F3N3O/c1-10(25)23-4-5-24-17-3-2-11(6-16(17)22-18(24)9-23)12-7-14(20)15(21)8-13(12)19/h7-8,11H,2-6,9H2,1H3. The lowest BCUT2D eigenvalue weighted by atomic mass is 9.84. The van der Waals surface area contributed by atoms with Crippen LogP contribution in [0.1, 0.15) is 42.0 Å². The monoisotopic (exact) mass is 349 g/mol. The molecule has 1 aliphatic carbocycles. The number of nitrogens with zero attached hydrogens (tertiary/aromatic N) is 3. The first-order valence-corrected chi connectivity index (χ1v) is 8.41. The van der Waals surface area contributed by atoms with E-state index in [4.69, 9.17) is 0 Å². The van der Waals surface area contributed by atoms with Gasteiger partial charge in [-0.25, -0.2) is 18.2 Å². The second kappa shape index (κ2) is 5.89. The largest absolute Gasteiger partial charge is 0.334 e. The Morgan fingerprint density at radius 2 is 1.92 bits per heavy atom. The molecule has 2 aromatic rings. The minimum Gasteiger partial charge on any atom is -0.334 e. The van der Waals surface area contributed by atoms with Crippen LogP contribution < -0.4 is 0 Å². The van der Waals surface area contributed by atoms with E-state index < -0.39 is 17.5 Å². The van der Waals surface area contributed by atoms with E-state index in [1.165, 1.54) is 0 Å². The van der Waals surface area contributed by atoms with Crippen LogP contribution in [0.3, 0.4) is 0 Å². The van der Waals surface area contributed by atoms with E-state index in [-0.39, 0.29) is 17.4 Å². The van der Waals surface area contributed by atoms with Crippen molar-refractivity contribution in [2.75, 3.05) is 6.54 Å². The van der Waals surface area contributed by atoms with E-state index in [0.717, 1.165) is 23.3 Å². The highest BCUT2D eigenvalue weighted by Crippen LogP contribution is 2.35. The van der Waals surface area contributed by atoms with E-state index in [1.807, 2.05) is 0 Å². The highest BCUT2D eigenvalue weighted by molar-refractivity contribution is 5.73. The van der Waals surface area contributed by atoms with Gasteiger partial charge in [0.2, 0.25) is 5.91 Å². The number of hydrogen-bond acceptors (Lipinski definition) is 2. The summed E-state index contributed by atoms with van der Waals surface area (Å²) in [4.78, 5) is 18.0. The maximum absolute atomic E-state index is 14.1. The van der Waals surface area contributed by atoms with E-state index in [0.29, 0.717) is 45.0 Å². The summed E-state index contributed by atoms with van der Waals surface area (Å²) in [6.07, 6.45) is 1.87. The molecule has 1 amide bonds. The SMILES string of the molecule is CC(=O)N1CCn2c(nc3c2CCC(c2cc(F)c(F)cc2F)C3)C1. The van der Waals surface area contributed by atoms with Crippen molar-refractivity contribution in [2.45, 2.75) is 45.2 Å². The van der Waals surface area contributed by atoms with Crippen LogP contribution in [0.5, 0.6) is 0 Å². The molecule has 1 atom stereocenters. The number of fused-ring (bicyclic) bond motifs is 3. The minimum absolute atomic E-state index is 0.0222. The van der Waals surface area contributed by atoms with Crippen LogP contribution in [-0.2, 0) is 30.7 Å². The molecule has 1 unspecified atom stereocenters. The van der Waals surface area contributed by atoms with Gasteiger partial charge in [-0.3, -0.25) is 4.79 Å². The maximum atomic E-state index is 14.1. The quantitative estimate of drug-likeness (QED) is 0.743. The summed E-state index contributed by atoms with van der Waals surface area (Å²) in [5.74, 6) is -2.25. The summed E-state index contributed by atoms with van der Waals surface area (Å²) in [5.41, 5.74) is 2.21. The number of amides is 1. The zero-order valence-corrected chi connectivity index (χ0v) is 13.9. The Bertz CT molecular complexity index is 862. The van der Waals surface area contributed by atoms with Gasteiger partial charge in [0.1, 0.15) is 11.6 Å². The van der Waals surface area contributed by atoms with E-state index >= 15 is 0 Å².